The molecule has 1 aromatic heterocycles. The first-order chi connectivity index (χ1) is 8.31. The molecule has 2 N–H and O–H groups in total. The molecular weight excluding hydrogens is 232 g/mol. The molecule has 1 fully saturated rings. The van der Waals surface area contributed by atoms with E-state index in [9.17, 15) is 0 Å². The van der Waals surface area contributed by atoms with Crippen LogP contribution in [0.5, 0.6) is 0 Å². The van der Waals surface area contributed by atoms with Gasteiger partial charge in [-0.15, -0.1) is 0 Å². The van der Waals surface area contributed by atoms with Gasteiger partial charge in [0.2, 0.25) is 0 Å². The third-order valence-electron chi connectivity index (χ3n) is 3.24. The number of aromatic nitrogens is 3. The summed E-state index contributed by atoms with van der Waals surface area (Å²) in [5, 5.41) is 4.85. The fourth-order valence-electron chi connectivity index (χ4n) is 2.29. The molecule has 2 unspecified atom stereocenters. The lowest BCUT2D eigenvalue weighted by Gasteiger charge is -2.26. The van der Waals surface area contributed by atoms with Crippen molar-refractivity contribution in [3.8, 4) is 0 Å². The fourth-order valence-corrected chi connectivity index (χ4v) is 3.64. The summed E-state index contributed by atoms with van der Waals surface area (Å²) in [6.45, 7) is 3.10. The molecule has 1 aliphatic heterocycles. The molecule has 96 valence electrons. The van der Waals surface area contributed by atoms with E-state index in [1.54, 1.807) is 6.33 Å². The second-order valence-electron chi connectivity index (χ2n) is 4.67. The molecule has 0 aliphatic carbocycles. The molecule has 0 spiro atoms. The van der Waals surface area contributed by atoms with Crippen LogP contribution in [0.4, 0.5) is 0 Å². The highest BCUT2D eigenvalue weighted by Gasteiger charge is 2.22. The first-order valence-corrected chi connectivity index (χ1v) is 7.60. The molecule has 0 radical (unpaired) electrons. The second-order valence-corrected chi connectivity index (χ2v) is 6.02. The molecule has 1 aliphatic rings. The maximum atomic E-state index is 6.30. The number of hydrogen-bond acceptors (Lipinski definition) is 4. The molecule has 0 bridgehead atoms. The topological polar surface area (TPSA) is 56.7 Å². The number of rotatable bonds is 5. The van der Waals surface area contributed by atoms with Gasteiger partial charge in [0.15, 0.2) is 0 Å². The van der Waals surface area contributed by atoms with Crippen LogP contribution in [0.15, 0.2) is 6.33 Å². The Kier molecular flexibility index (Phi) is 4.86. The van der Waals surface area contributed by atoms with E-state index in [0.29, 0.717) is 5.25 Å². The van der Waals surface area contributed by atoms with Gasteiger partial charge < -0.3 is 5.73 Å². The van der Waals surface area contributed by atoms with Crippen LogP contribution in [-0.4, -0.2) is 31.8 Å². The van der Waals surface area contributed by atoms with Crippen molar-refractivity contribution < 1.29 is 0 Å². The smallest absolute Gasteiger partial charge is 0.138 e. The monoisotopic (exact) mass is 254 g/mol. The molecule has 5 heteroatoms. The van der Waals surface area contributed by atoms with Gasteiger partial charge in [-0.2, -0.15) is 16.9 Å². The first kappa shape index (κ1) is 12.9. The Labute approximate surface area is 107 Å². The molecule has 0 saturated carbocycles. The summed E-state index contributed by atoms with van der Waals surface area (Å²) in [5.74, 6) is 2.31. The molecule has 2 atom stereocenters. The number of thioether (sulfide) groups is 1. The lowest BCUT2D eigenvalue weighted by molar-refractivity contribution is 0.512. The summed E-state index contributed by atoms with van der Waals surface area (Å²) < 4.78 is 1.99. The quantitative estimate of drug-likeness (QED) is 0.871. The summed E-state index contributed by atoms with van der Waals surface area (Å²) in [6.07, 6.45) is 7.52. The average molecular weight is 254 g/mol. The van der Waals surface area contributed by atoms with Crippen LogP contribution in [0.25, 0.3) is 0 Å². The minimum Gasteiger partial charge on any atom is -0.326 e. The highest BCUT2D eigenvalue weighted by atomic mass is 32.2. The lowest BCUT2D eigenvalue weighted by atomic mass is 10.0. The number of nitrogens with zero attached hydrogens (tertiary/aromatic N) is 3. The Morgan fingerprint density at radius 3 is 3.18 bits per heavy atom. The maximum absolute atomic E-state index is 6.30. The highest BCUT2D eigenvalue weighted by molar-refractivity contribution is 8.00. The molecule has 1 saturated heterocycles. The van der Waals surface area contributed by atoms with Crippen LogP contribution in [0.3, 0.4) is 0 Å². The van der Waals surface area contributed by atoms with Gasteiger partial charge >= 0.3 is 0 Å². The zero-order valence-electron chi connectivity index (χ0n) is 10.5. The van der Waals surface area contributed by atoms with E-state index in [2.05, 4.69) is 17.0 Å². The van der Waals surface area contributed by atoms with Crippen molar-refractivity contribution in [2.75, 3.05) is 5.75 Å². The van der Waals surface area contributed by atoms with Crippen molar-refractivity contribution in [2.24, 2.45) is 5.73 Å². The fraction of sp³-hybridized carbons (Fsp3) is 0.833. The van der Waals surface area contributed by atoms with Crippen molar-refractivity contribution in [3.63, 3.8) is 0 Å². The van der Waals surface area contributed by atoms with Crippen molar-refractivity contribution in [1.82, 2.24) is 14.8 Å². The second kappa shape index (κ2) is 6.40. The molecule has 0 amide bonds. The van der Waals surface area contributed by atoms with Crippen LogP contribution in [0.2, 0.25) is 0 Å². The Morgan fingerprint density at radius 2 is 2.47 bits per heavy atom. The zero-order chi connectivity index (χ0) is 12.1. The van der Waals surface area contributed by atoms with Crippen molar-refractivity contribution >= 4 is 11.8 Å². The largest absolute Gasteiger partial charge is 0.326 e. The SMILES string of the molecule is CCCn1ncnc1CC(N)C1CCCCS1. The third-order valence-corrected chi connectivity index (χ3v) is 4.78. The third kappa shape index (κ3) is 3.45. The normalized spacial score (nSPS) is 22.6. The van der Waals surface area contributed by atoms with E-state index in [1.807, 2.05) is 16.4 Å². The first-order valence-electron chi connectivity index (χ1n) is 6.55. The Morgan fingerprint density at radius 1 is 1.59 bits per heavy atom. The minimum atomic E-state index is 0.222. The molecule has 0 aromatic carbocycles. The van der Waals surface area contributed by atoms with Crippen molar-refractivity contribution in [3.05, 3.63) is 12.2 Å². The predicted molar refractivity (Wildman–Crippen MR) is 72.1 cm³/mol. The van der Waals surface area contributed by atoms with Gasteiger partial charge in [0.1, 0.15) is 12.2 Å². The summed E-state index contributed by atoms with van der Waals surface area (Å²) >= 11 is 2.03. The van der Waals surface area contributed by atoms with Crippen LogP contribution in [-0.2, 0) is 13.0 Å². The van der Waals surface area contributed by atoms with Crippen molar-refractivity contribution in [2.45, 2.75) is 56.9 Å². The van der Waals surface area contributed by atoms with Gasteiger partial charge in [0.25, 0.3) is 0 Å². The Balaban J connectivity index is 1.92. The standard InChI is InChI=1S/C12H22N4S/c1-2-6-16-12(14-9-15-16)8-10(13)11-5-3-4-7-17-11/h9-11H,2-8,13H2,1H3. The summed E-state index contributed by atoms with van der Waals surface area (Å²) in [7, 11) is 0. The van der Waals surface area contributed by atoms with Gasteiger partial charge in [-0.3, -0.25) is 4.68 Å². The Hall–Kier alpha value is -0.550. The zero-order valence-corrected chi connectivity index (χ0v) is 11.3. The van der Waals surface area contributed by atoms with Gasteiger partial charge in [-0.25, -0.2) is 4.98 Å². The van der Waals surface area contributed by atoms with Crippen molar-refractivity contribution in [1.29, 1.82) is 0 Å². The van der Waals surface area contributed by atoms with Gasteiger partial charge in [-0.05, 0) is 25.0 Å². The van der Waals surface area contributed by atoms with Crippen LogP contribution < -0.4 is 5.73 Å². The molecule has 17 heavy (non-hydrogen) atoms. The lowest BCUT2D eigenvalue weighted by Crippen LogP contribution is -2.37. The van der Waals surface area contributed by atoms with Gasteiger partial charge in [0.05, 0.1) is 0 Å². The summed E-state index contributed by atoms with van der Waals surface area (Å²) in [5.41, 5.74) is 6.30. The minimum absolute atomic E-state index is 0.222. The van der Waals surface area contributed by atoms with Crippen LogP contribution >= 0.6 is 11.8 Å². The molecule has 4 nitrogen and oxygen atoms in total. The van der Waals surface area contributed by atoms with Crippen LogP contribution in [0, 0.1) is 0 Å². The van der Waals surface area contributed by atoms with Gasteiger partial charge in [0, 0.05) is 24.3 Å². The van der Waals surface area contributed by atoms with E-state index in [1.165, 1.54) is 25.0 Å². The van der Waals surface area contributed by atoms with E-state index in [-0.39, 0.29) is 6.04 Å². The predicted octanol–water partition coefficient (Wildman–Crippen LogP) is 1.84. The molecule has 2 heterocycles. The van der Waals surface area contributed by atoms with E-state index in [4.69, 9.17) is 5.73 Å². The average Bonchev–Trinajstić information content (AvgIpc) is 2.78. The molecular formula is C12H22N4S. The van der Waals surface area contributed by atoms with Gasteiger partial charge in [-0.1, -0.05) is 13.3 Å². The van der Waals surface area contributed by atoms with Crippen LogP contribution in [0.1, 0.15) is 38.4 Å². The maximum Gasteiger partial charge on any atom is 0.138 e. The molecule has 1 aromatic rings. The summed E-state index contributed by atoms with van der Waals surface area (Å²) in [6, 6.07) is 0.222. The number of nitrogens with two attached hydrogens (primary N) is 1. The van der Waals surface area contributed by atoms with E-state index < -0.39 is 0 Å². The Bertz CT molecular complexity index is 333. The summed E-state index contributed by atoms with van der Waals surface area (Å²) in [4.78, 5) is 4.33. The molecule has 2 rings (SSSR count). The van der Waals surface area contributed by atoms with E-state index in [0.717, 1.165) is 25.2 Å². The highest BCUT2D eigenvalue weighted by Crippen LogP contribution is 2.27. The number of hydrogen-bond donors (Lipinski definition) is 1. The number of aryl methyl sites for hydroxylation is 1. The van der Waals surface area contributed by atoms with E-state index >= 15 is 0 Å².